The zero-order valence-corrected chi connectivity index (χ0v) is 16.6. The zero-order valence-electron chi connectivity index (χ0n) is 15.0. The van der Waals surface area contributed by atoms with Gasteiger partial charge < -0.3 is 10.1 Å². The number of halogens is 4. The Kier molecular flexibility index (Phi) is 5.30. The summed E-state index contributed by atoms with van der Waals surface area (Å²) < 4.78 is 47.8. The number of nitrogens with zero attached hydrogens (tertiary/aromatic N) is 3. The van der Waals surface area contributed by atoms with E-state index >= 15 is 0 Å². The summed E-state index contributed by atoms with van der Waals surface area (Å²) in [5.74, 6) is -0.565. The molecular formula is C19H16BrF3N4O2. The summed E-state index contributed by atoms with van der Waals surface area (Å²) in [6, 6.07) is 8.94. The summed E-state index contributed by atoms with van der Waals surface area (Å²) in [5, 5.41) is 6.51. The number of nitrogens with one attached hydrogen (secondary N) is 1. The van der Waals surface area contributed by atoms with Crippen molar-refractivity contribution in [2.75, 3.05) is 13.2 Å². The van der Waals surface area contributed by atoms with E-state index in [-0.39, 0.29) is 29.7 Å². The average molecular weight is 469 g/mol. The number of hydrogen-bond acceptors (Lipinski definition) is 4. The highest BCUT2D eigenvalue weighted by Gasteiger charge is 2.35. The summed E-state index contributed by atoms with van der Waals surface area (Å²) in [6.45, 7) is 0.934. The molecule has 0 radical (unpaired) electrons. The van der Waals surface area contributed by atoms with Gasteiger partial charge in [0.25, 0.3) is 5.91 Å². The van der Waals surface area contributed by atoms with Crippen LogP contribution in [0.1, 0.15) is 29.0 Å². The third-order valence-electron chi connectivity index (χ3n) is 4.60. The first-order valence-electron chi connectivity index (χ1n) is 8.95. The molecule has 10 heteroatoms. The quantitative estimate of drug-likeness (QED) is 0.626. The third kappa shape index (κ3) is 4.27. The third-order valence-corrected chi connectivity index (χ3v) is 5.13. The molecular weight excluding hydrogens is 453 g/mol. The number of carbonyl (C=O) groups is 1. The monoisotopic (exact) mass is 468 g/mol. The lowest BCUT2D eigenvalue weighted by Gasteiger charge is -2.11. The second-order valence-corrected chi connectivity index (χ2v) is 7.59. The molecule has 152 valence electrons. The molecule has 1 aromatic carbocycles. The van der Waals surface area contributed by atoms with Crippen LogP contribution in [0.25, 0.3) is 16.9 Å². The fourth-order valence-electron chi connectivity index (χ4n) is 3.16. The Hall–Kier alpha value is -2.46. The minimum absolute atomic E-state index is 0.0555. The van der Waals surface area contributed by atoms with E-state index in [1.54, 1.807) is 24.3 Å². The van der Waals surface area contributed by atoms with Crippen LogP contribution in [0, 0.1) is 0 Å². The molecule has 1 N–H and O–H groups in total. The highest BCUT2D eigenvalue weighted by Crippen LogP contribution is 2.32. The number of alkyl halides is 3. The number of aromatic nitrogens is 3. The van der Waals surface area contributed by atoms with Gasteiger partial charge in [-0.1, -0.05) is 28.1 Å². The highest BCUT2D eigenvalue weighted by atomic mass is 79.9. The van der Waals surface area contributed by atoms with Crippen molar-refractivity contribution in [3.63, 3.8) is 0 Å². The number of benzene rings is 1. The van der Waals surface area contributed by atoms with Crippen molar-refractivity contribution in [2.45, 2.75) is 25.1 Å². The van der Waals surface area contributed by atoms with Gasteiger partial charge in [0, 0.05) is 29.3 Å². The number of ether oxygens (including phenoxy) is 1. The molecule has 1 atom stereocenters. The second-order valence-electron chi connectivity index (χ2n) is 6.68. The molecule has 0 aliphatic carbocycles. The van der Waals surface area contributed by atoms with Gasteiger partial charge >= 0.3 is 6.18 Å². The van der Waals surface area contributed by atoms with Gasteiger partial charge in [0.2, 0.25) is 0 Å². The smallest absolute Gasteiger partial charge is 0.376 e. The summed E-state index contributed by atoms with van der Waals surface area (Å²) in [5.41, 5.74) is -0.525. The van der Waals surface area contributed by atoms with Crippen LogP contribution in [0.5, 0.6) is 0 Å². The number of hydrogen-bond donors (Lipinski definition) is 1. The van der Waals surface area contributed by atoms with Crippen molar-refractivity contribution in [1.29, 1.82) is 0 Å². The van der Waals surface area contributed by atoms with Crippen molar-refractivity contribution in [1.82, 2.24) is 19.9 Å². The summed E-state index contributed by atoms with van der Waals surface area (Å²) in [4.78, 5) is 16.6. The van der Waals surface area contributed by atoms with E-state index in [0.717, 1.165) is 23.4 Å². The van der Waals surface area contributed by atoms with Gasteiger partial charge in [-0.15, -0.1) is 0 Å². The molecule has 29 heavy (non-hydrogen) atoms. The minimum atomic E-state index is -4.66. The van der Waals surface area contributed by atoms with E-state index < -0.39 is 17.8 Å². The molecule has 1 amide bonds. The van der Waals surface area contributed by atoms with E-state index in [9.17, 15) is 18.0 Å². The zero-order chi connectivity index (χ0) is 20.6. The molecule has 0 spiro atoms. The lowest BCUT2D eigenvalue weighted by molar-refractivity contribution is -0.142. The molecule has 0 bridgehead atoms. The number of fused-ring (bicyclic) bond motifs is 1. The average Bonchev–Trinajstić information content (AvgIpc) is 3.34. The maximum atomic E-state index is 13.6. The molecule has 1 aliphatic rings. The van der Waals surface area contributed by atoms with Gasteiger partial charge in [-0.2, -0.15) is 18.3 Å². The van der Waals surface area contributed by atoms with Crippen LogP contribution in [-0.2, 0) is 10.9 Å². The fraction of sp³-hybridized carbons (Fsp3) is 0.316. The van der Waals surface area contributed by atoms with Crippen LogP contribution in [0.3, 0.4) is 0 Å². The molecule has 2 aromatic heterocycles. The Morgan fingerprint density at radius 2 is 2.03 bits per heavy atom. The van der Waals surface area contributed by atoms with Crippen LogP contribution in [0.15, 0.2) is 40.9 Å². The normalized spacial score (nSPS) is 17.0. The first-order valence-corrected chi connectivity index (χ1v) is 9.74. The maximum absolute atomic E-state index is 13.6. The van der Waals surface area contributed by atoms with Gasteiger partial charge in [0.15, 0.2) is 17.0 Å². The van der Waals surface area contributed by atoms with Crippen LogP contribution in [0.4, 0.5) is 13.2 Å². The summed E-state index contributed by atoms with van der Waals surface area (Å²) >= 11 is 3.29. The molecule has 3 aromatic rings. The highest BCUT2D eigenvalue weighted by molar-refractivity contribution is 9.10. The van der Waals surface area contributed by atoms with E-state index in [4.69, 9.17) is 4.74 Å². The van der Waals surface area contributed by atoms with Gasteiger partial charge in [0.1, 0.15) is 0 Å². The Labute approximate surface area is 172 Å². The Morgan fingerprint density at radius 3 is 2.69 bits per heavy atom. The summed E-state index contributed by atoms with van der Waals surface area (Å²) in [6.07, 6.45) is -2.99. The van der Waals surface area contributed by atoms with Crippen molar-refractivity contribution < 1.29 is 22.7 Å². The largest absolute Gasteiger partial charge is 0.433 e. The lowest BCUT2D eigenvalue weighted by Crippen LogP contribution is -2.32. The minimum Gasteiger partial charge on any atom is -0.376 e. The molecule has 1 aliphatic heterocycles. The Morgan fingerprint density at radius 1 is 1.28 bits per heavy atom. The van der Waals surface area contributed by atoms with Gasteiger partial charge in [-0.3, -0.25) is 4.79 Å². The number of carbonyl (C=O) groups excluding carboxylic acids is 1. The van der Waals surface area contributed by atoms with E-state index in [2.05, 4.69) is 31.3 Å². The second kappa shape index (κ2) is 7.75. The SMILES string of the molecule is O=C(NC[C@H]1CCCO1)c1cc2nc(-c3ccc(Br)cc3)cc(C(F)(F)F)n2n1. The van der Waals surface area contributed by atoms with E-state index in [0.29, 0.717) is 16.7 Å². The Bertz CT molecular complexity index is 1040. The first-order chi connectivity index (χ1) is 13.8. The molecule has 4 rings (SSSR count). The lowest BCUT2D eigenvalue weighted by atomic mass is 10.1. The number of rotatable bonds is 4. The molecule has 1 fully saturated rings. The molecule has 0 saturated carbocycles. The van der Waals surface area contributed by atoms with Crippen LogP contribution >= 0.6 is 15.9 Å². The van der Waals surface area contributed by atoms with Crippen molar-refractivity contribution in [2.24, 2.45) is 0 Å². The molecule has 3 heterocycles. The van der Waals surface area contributed by atoms with Crippen LogP contribution < -0.4 is 5.32 Å². The fourth-order valence-corrected chi connectivity index (χ4v) is 3.42. The van der Waals surface area contributed by atoms with Crippen molar-refractivity contribution in [3.8, 4) is 11.3 Å². The molecule has 1 saturated heterocycles. The maximum Gasteiger partial charge on any atom is 0.433 e. The van der Waals surface area contributed by atoms with Gasteiger partial charge in [0.05, 0.1) is 11.8 Å². The van der Waals surface area contributed by atoms with Crippen LogP contribution in [0.2, 0.25) is 0 Å². The number of amides is 1. The predicted molar refractivity (Wildman–Crippen MR) is 102 cm³/mol. The van der Waals surface area contributed by atoms with Crippen LogP contribution in [-0.4, -0.2) is 39.8 Å². The van der Waals surface area contributed by atoms with Gasteiger partial charge in [-0.25, -0.2) is 9.50 Å². The predicted octanol–water partition coefficient (Wildman–Crippen LogP) is 4.09. The molecule has 0 unspecified atom stereocenters. The standard InChI is InChI=1S/C19H16BrF3N4O2/c20-12-5-3-11(4-6-12)14-8-16(19(21,22)23)27-17(25-14)9-15(26-27)18(28)24-10-13-2-1-7-29-13/h3-6,8-9,13H,1-2,7,10H2,(H,24,28)/t13-/m1/s1. The Balaban J connectivity index is 1.70. The van der Waals surface area contributed by atoms with E-state index in [1.165, 1.54) is 6.07 Å². The summed E-state index contributed by atoms with van der Waals surface area (Å²) in [7, 11) is 0. The van der Waals surface area contributed by atoms with E-state index in [1.807, 2.05) is 0 Å². The van der Waals surface area contributed by atoms with Crippen molar-refractivity contribution in [3.05, 3.63) is 52.3 Å². The topological polar surface area (TPSA) is 68.5 Å². The van der Waals surface area contributed by atoms with Crippen molar-refractivity contribution >= 4 is 27.5 Å². The van der Waals surface area contributed by atoms with Gasteiger partial charge in [-0.05, 0) is 31.0 Å². The first kappa shape index (κ1) is 19.8. The molecule has 6 nitrogen and oxygen atoms in total.